The third kappa shape index (κ3) is 2.72. The number of carbonyl (C=O) groups excluding carboxylic acids is 1. The number of nitrogens with zero attached hydrogens (tertiary/aromatic N) is 2. The number of fused-ring (bicyclic) bond motifs is 1. The van der Waals surface area contributed by atoms with Crippen molar-refractivity contribution in [3.63, 3.8) is 0 Å². The summed E-state index contributed by atoms with van der Waals surface area (Å²) in [4.78, 5) is 13.3. The molecule has 4 fully saturated rings. The predicted molar refractivity (Wildman–Crippen MR) is 113 cm³/mol. The lowest BCUT2D eigenvalue weighted by Crippen LogP contribution is -2.59. The Bertz CT molecular complexity index is 953. The molecule has 4 nitrogen and oxygen atoms in total. The Hall–Kier alpha value is -2.10. The van der Waals surface area contributed by atoms with Crippen LogP contribution in [0.3, 0.4) is 0 Å². The van der Waals surface area contributed by atoms with Crippen LogP contribution >= 0.6 is 0 Å². The van der Waals surface area contributed by atoms with E-state index in [9.17, 15) is 4.79 Å². The first-order valence-electron chi connectivity index (χ1n) is 10.8. The molecule has 2 unspecified atom stereocenters. The molecule has 4 bridgehead atoms. The van der Waals surface area contributed by atoms with Crippen molar-refractivity contribution < 1.29 is 4.79 Å². The highest BCUT2D eigenvalue weighted by atomic mass is 16.2. The van der Waals surface area contributed by atoms with E-state index in [-0.39, 0.29) is 11.3 Å². The summed E-state index contributed by atoms with van der Waals surface area (Å²) in [5.41, 5.74) is 5.66. The number of hydrogen-bond donors (Lipinski definition) is 1. The second-order valence-corrected chi connectivity index (χ2v) is 10.5. The molecule has 4 aliphatic rings. The molecule has 1 heterocycles. The Morgan fingerprint density at radius 1 is 1.18 bits per heavy atom. The fourth-order valence-corrected chi connectivity index (χ4v) is 7.62. The summed E-state index contributed by atoms with van der Waals surface area (Å²) in [6.07, 6.45) is 10.9. The summed E-state index contributed by atoms with van der Waals surface area (Å²) >= 11 is 0. The molecule has 4 heteroatoms. The molecule has 1 N–H and O–H groups in total. The van der Waals surface area contributed by atoms with Gasteiger partial charge in [-0.25, -0.2) is 5.43 Å². The Kier molecular flexibility index (Phi) is 3.82. The minimum Gasteiger partial charge on any atom is -0.347 e. The van der Waals surface area contributed by atoms with Crippen molar-refractivity contribution in [2.24, 2.45) is 27.3 Å². The van der Waals surface area contributed by atoms with Crippen LogP contribution in [0.4, 0.5) is 0 Å². The van der Waals surface area contributed by atoms with Crippen molar-refractivity contribution in [1.29, 1.82) is 0 Å². The zero-order valence-corrected chi connectivity index (χ0v) is 17.3. The van der Waals surface area contributed by atoms with Crippen molar-refractivity contribution in [2.75, 3.05) is 0 Å². The fourth-order valence-electron chi connectivity index (χ4n) is 7.62. The second-order valence-electron chi connectivity index (χ2n) is 10.5. The van der Waals surface area contributed by atoms with Crippen LogP contribution in [0.1, 0.15) is 64.9 Å². The monoisotopic (exact) mass is 377 g/mol. The number of rotatable bonds is 4. The van der Waals surface area contributed by atoms with Gasteiger partial charge in [0.05, 0.1) is 11.6 Å². The lowest BCUT2D eigenvalue weighted by molar-refractivity contribution is -0.170. The number of para-hydroxylation sites is 1. The van der Waals surface area contributed by atoms with Crippen LogP contribution in [0.2, 0.25) is 0 Å². The van der Waals surface area contributed by atoms with E-state index in [0.717, 1.165) is 31.4 Å². The summed E-state index contributed by atoms with van der Waals surface area (Å²) in [6.45, 7) is 7.87. The van der Waals surface area contributed by atoms with E-state index in [2.05, 4.69) is 66.3 Å². The largest absolute Gasteiger partial charge is 0.347 e. The molecule has 148 valence electrons. The van der Waals surface area contributed by atoms with Crippen molar-refractivity contribution in [1.82, 2.24) is 9.99 Å². The van der Waals surface area contributed by atoms with Gasteiger partial charge in [0.2, 0.25) is 5.91 Å². The van der Waals surface area contributed by atoms with Crippen LogP contribution in [-0.4, -0.2) is 16.7 Å². The summed E-state index contributed by atoms with van der Waals surface area (Å²) < 4.78 is 2.22. The van der Waals surface area contributed by atoms with Gasteiger partial charge in [0.1, 0.15) is 0 Å². The Labute approximate surface area is 167 Å². The van der Waals surface area contributed by atoms with Crippen LogP contribution < -0.4 is 5.43 Å². The molecule has 2 atom stereocenters. The molecule has 0 saturated heterocycles. The molecular formula is C24H31N3O. The quantitative estimate of drug-likeness (QED) is 0.584. The number of aromatic nitrogens is 1. The molecular weight excluding hydrogens is 346 g/mol. The number of aryl methyl sites for hydroxylation is 1. The fraction of sp³-hybridized carbons (Fsp3) is 0.583. The van der Waals surface area contributed by atoms with Gasteiger partial charge in [-0.05, 0) is 68.3 Å². The summed E-state index contributed by atoms with van der Waals surface area (Å²) in [7, 11) is 0. The van der Waals surface area contributed by atoms with Gasteiger partial charge in [-0.15, -0.1) is 0 Å². The molecule has 0 spiro atoms. The molecule has 0 radical (unpaired) electrons. The normalized spacial score (nSPS) is 36.5. The van der Waals surface area contributed by atoms with Gasteiger partial charge < -0.3 is 4.57 Å². The van der Waals surface area contributed by atoms with Crippen LogP contribution in [0.25, 0.3) is 10.9 Å². The number of hydrazone groups is 1. The highest BCUT2D eigenvalue weighted by Crippen LogP contribution is 2.69. The molecule has 1 aromatic carbocycles. The van der Waals surface area contributed by atoms with Gasteiger partial charge in [-0.1, -0.05) is 32.0 Å². The Balaban J connectivity index is 1.37. The standard InChI is InChI=1S/C24H31N3O/c1-4-27-13-18(19-7-5-6-8-20(19)27)12-25-26-21(28)24-11-17-9-22(2,15-24)14-23(3,10-17)16-24/h5-8,12-13,17H,4,9-11,14-16H2,1-3H3,(H,26,28)/b25-12+. The lowest BCUT2D eigenvalue weighted by atomic mass is 9.40. The van der Waals surface area contributed by atoms with E-state index in [1.165, 1.54) is 30.2 Å². The minimum atomic E-state index is -0.211. The molecule has 4 saturated carbocycles. The predicted octanol–water partition coefficient (Wildman–Crippen LogP) is 5.11. The topological polar surface area (TPSA) is 46.4 Å². The second kappa shape index (κ2) is 5.95. The smallest absolute Gasteiger partial charge is 0.246 e. The summed E-state index contributed by atoms with van der Waals surface area (Å²) in [5.74, 6) is 0.855. The summed E-state index contributed by atoms with van der Waals surface area (Å²) in [5, 5.41) is 5.58. The third-order valence-corrected chi connectivity index (χ3v) is 7.64. The SMILES string of the molecule is CCn1cc(/C=N/NC(=O)C23CC4CC(C)(CC(C)(C4)C2)C3)c2ccccc21. The number of hydrogen-bond acceptors (Lipinski definition) is 2. The first kappa shape index (κ1) is 18.0. The van der Waals surface area contributed by atoms with Gasteiger partial charge in [0.15, 0.2) is 0 Å². The summed E-state index contributed by atoms with van der Waals surface area (Å²) in [6, 6.07) is 8.36. The number of carbonyl (C=O) groups is 1. The first-order chi connectivity index (χ1) is 13.3. The Morgan fingerprint density at radius 3 is 2.57 bits per heavy atom. The van der Waals surface area contributed by atoms with Gasteiger partial charge in [0, 0.05) is 29.2 Å². The molecule has 0 aliphatic heterocycles. The average Bonchev–Trinajstić information content (AvgIpc) is 2.97. The zero-order chi connectivity index (χ0) is 19.6. The number of benzene rings is 1. The molecule has 1 aromatic heterocycles. The maximum atomic E-state index is 13.3. The van der Waals surface area contributed by atoms with Gasteiger partial charge >= 0.3 is 0 Å². The van der Waals surface area contributed by atoms with Gasteiger partial charge in [-0.3, -0.25) is 4.79 Å². The van der Waals surface area contributed by atoms with E-state index in [1.54, 1.807) is 0 Å². The van der Waals surface area contributed by atoms with Crippen LogP contribution in [0.5, 0.6) is 0 Å². The Morgan fingerprint density at radius 2 is 1.89 bits per heavy atom. The first-order valence-corrected chi connectivity index (χ1v) is 10.8. The van der Waals surface area contributed by atoms with E-state index in [4.69, 9.17) is 0 Å². The molecule has 4 aliphatic carbocycles. The maximum absolute atomic E-state index is 13.3. The third-order valence-electron chi connectivity index (χ3n) is 7.64. The highest BCUT2D eigenvalue weighted by molar-refractivity contribution is 5.99. The molecule has 2 aromatic rings. The zero-order valence-electron chi connectivity index (χ0n) is 17.3. The van der Waals surface area contributed by atoms with Crippen molar-refractivity contribution in [3.8, 4) is 0 Å². The van der Waals surface area contributed by atoms with Gasteiger partial charge in [-0.2, -0.15) is 5.10 Å². The molecule has 6 rings (SSSR count). The maximum Gasteiger partial charge on any atom is 0.246 e. The van der Waals surface area contributed by atoms with Crippen LogP contribution in [-0.2, 0) is 11.3 Å². The number of nitrogens with one attached hydrogen (secondary N) is 1. The van der Waals surface area contributed by atoms with E-state index in [1.807, 2.05) is 6.21 Å². The molecule has 1 amide bonds. The van der Waals surface area contributed by atoms with Crippen molar-refractivity contribution in [2.45, 2.75) is 65.8 Å². The van der Waals surface area contributed by atoms with E-state index >= 15 is 0 Å². The van der Waals surface area contributed by atoms with Crippen LogP contribution in [0, 0.1) is 22.2 Å². The molecule has 28 heavy (non-hydrogen) atoms. The highest BCUT2D eigenvalue weighted by Gasteiger charge is 2.62. The average molecular weight is 378 g/mol. The lowest BCUT2D eigenvalue weighted by Gasteiger charge is -2.64. The van der Waals surface area contributed by atoms with E-state index in [0.29, 0.717) is 16.7 Å². The van der Waals surface area contributed by atoms with Crippen LogP contribution in [0.15, 0.2) is 35.6 Å². The van der Waals surface area contributed by atoms with Crippen molar-refractivity contribution >= 4 is 23.0 Å². The van der Waals surface area contributed by atoms with Gasteiger partial charge in [0.25, 0.3) is 0 Å². The minimum absolute atomic E-state index is 0.143. The number of amides is 1. The van der Waals surface area contributed by atoms with Crippen molar-refractivity contribution in [3.05, 3.63) is 36.0 Å². The van der Waals surface area contributed by atoms with E-state index < -0.39 is 0 Å².